The van der Waals surface area contributed by atoms with Gasteiger partial charge in [-0.15, -0.1) is 4.80 Å². The summed E-state index contributed by atoms with van der Waals surface area (Å²) < 4.78 is 62.3. The standard InChI is InChI=1S/C30H38FN5O9S2/c1-8-9-14-43-28(38)30(4,5)35-25(37)24-19(3)26(36-32-12-13-33-36)46-27(24)34(29(35)39)16-23(44-17-18(2)45-47(7,40)41)21-15-20(31)10-11-22(21)42-6/h10-13,15,18,23H,8-9,14,16-17H2,1-7H3/t18?,23-/m0/s1. The van der Waals surface area contributed by atoms with Crippen LogP contribution in [-0.4, -0.2) is 71.2 Å². The van der Waals surface area contributed by atoms with Crippen LogP contribution in [-0.2, 0) is 40.7 Å². The molecule has 0 amide bonds. The average molecular weight is 696 g/mol. The minimum atomic E-state index is -3.83. The van der Waals surface area contributed by atoms with E-state index in [9.17, 15) is 27.2 Å². The fourth-order valence-corrected chi connectivity index (χ4v) is 6.89. The lowest BCUT2D eigenvalue weighted by Gasteiger charge is -2.27. The molecule has 2 atom stereocenters. The fourth-order valence-electron chi connectivity index (χ4n) is 5.02. The molecule has 0 saturated heterocycles. The number of unbranched alkanes of at least 4 members (excludes halogenated alkanes) is 1. The van der Waals surface area contributed by atoms with Crippen LogP contribution < -0.4 is 16.0 Å². The Morgan fingerprint density at radius 2 is 1.85 bits per heavy atom. The molecule has 3 aromatic heterocycles. The molecule has 47 heavy (non-hydrogen) atoms. The Bertz CT molecular complexity index is 1970. The third kappa shape index (κ3) is 7.80. The first-order chi connectivity index (χ1) is 22.1. The van der Waals surface area contributed by atoms with Crippen molar-refractivity contribution in [2.24, 2.45) is 0 Å². The Balaban J connectivity index is 1.97. The van der Waals surface area contributed by atoms with Crippen molar-refractivity contribution >= 4 is 37.6 Å². The van der Waals surface area contributed by atoms with Gasteiger partial charge in [0.25, 0.3) is 15.7 Å². The van der Waals surface area contributed by atoms with Crippen molar-refractivity contribution in [3.8, 4) is 10.8 Å². The molecule has 0 spiro atoms. The summed E-state index contributed by atoms with van der Waals surface area (Å²) in [6.45, 7) is 7.45. The van der Waals surface area contributed by atoms with Gasteiger partial charge in [-0.25, -0.2) is 18.5 Å². The topological polar surface area (TPSA) is 163 Å². The van der Waals surface area contributed by atoms with E-state index >= 15 is 0 Å². The number of hydrogen-bond donors (Lipinski definition) is 0. The number of thiophene rings is 1. The van der Waals surface area contributed by atoms with Crippen molar-refractivity contribution < 1.29 is 36.0 Å². The Morgan fingerprint density at radius 1 is 1.17 bits per heavy atom. The Labute approximate surface area is 274 Å². The summed E-state index contributed by atoms with van der Waals surface area (Å²) in [6.07, 6.45) is 3.11. The number of methoxy groups -OCH3 is 1. The number of esters is 1. The molecule has 4 aromatic rings. The second-order valence-electron chi connectivity index (χ2n) is 11.4. The maximum atomic E-state index is 14.6. The van der Waals surface area contributed by atoms with Gasteiger partial charge in [0.05, 0.1) is 57.0 Å². The number of rotatable bonds is 15. The normalized spacial score (nSPS) is 13.5. The average Bonchev–Trinajstić information content (AvgIpc) is 3.64. The number of fused-ring (bicyclic) bond motifs is 1. The predicted octanol–water partition coefficient (Wildman–Crippen LogP) is 3.46. The van der Waals surface area contributed by atoms with Gasteiger partial charge in [0.1, 0.15) is 33.0 Å². The molecule has 17 heteroatoms. The summed E-state index contributed by atoms with van der Waals surface area (Å²) in [5, 5.41) is 8.95. The molecule has 256 valence electrons. The SMILES string of the molecule is CCCCOC(=O)C(C)(C)n1c(=O)c2c(C)c(-n3nccn3)sc2n(C[C@H](OCC(C)OS(C)(=O)=O)c2cc(F)ccc2OC)c1=O. The molecule has 4 rings (SSSR count). The fraction of sp³-hybridized carbons (Fsp3) is 0.500. The van der Waals surface area contributed by atoms with Crippen molar-refractivity contribution in [2.45, 2.75) is 71.8 Å². The Hall–Kier alpha value is -3.93. The largest absolute Gasteiger partial charge is 0.496 e. The predicted molar refractivity (Wildman–Crippen MR) is 172 cm³/mol. The van der Waals surface area contributed by atoms with E-state index in [1.54, 1.807) is 6.92 Å². The molecule has 1 aromatic carbocycles. The van der Waals surface area contributed by atoms with Crippen LogP contribution in [0.3, 0.4) is 0 Å². The zero-order chi connectivity index (χ0) is 34.7. The third-order valence-electron chi connectivity index (χ3n) is 7.34. The number of ether oxygens (including phenoxy) is 3. The number of carbonyl (C=O) groups excluding carboxylic acids is 1. The van der Waals surface area contributed by atoms with Crippen molar-refractivity contribution in [3.63, 3.8) is 0 Å². The van der Waals surface area contributed by atoms with Gasteiger partial charge in [0, 0.05) is 11.1 Å². The molecule has 0 bridgehead atoms. The number of nitrogens with zero attached hydrogens (tertiary/aromatic N) is 5. The summed E-state index contributed by atoms with van der Waals surface area (Å²) in [5.41, 5.74) is -2.65. The second-order valence-corrected chi connectivity index (χ2v) is 14.0. The molecule has 0 saturated carbocycles. The van der Waals surface area contributed by atoms with E-state index in [1.165, 1.54) is 67.8 Å². The number of hydrogen-bond acceptors (Lipinski definition) is 12. The smallest absolute Gasteiger partial charge is 0.333 e. The molecule has 3 heterocycles. The van der Waals surface area contributed by atoms with Crippen LogP contribution in [0.15, 0.2) is 40.2 Å². The molecule has 0 fully saturated rings. The summed E-state index contributed by atoms with van der Waals surface area (Å²) >= 11 is 1.07. The molecule has 0 N–H and O–H groups in total. The highest BCUT2D eigenvalue weighted by molar-refractivity contribution is 7.86. The second kappa shape index (κ2) is 14.5. The van der Waals surface area contributed by atoms with Gasteiger partial charge in [-0.3, -0.25) is 13.5 Å². The molecule has 0 aliphatic carbocycles. The minimum absolute atomic E-state index is 0.111. The number of halogens is 1. The molecular formula is C30H38FN5O9S2. The monoisotopic (exact) mass is 695 g/mol. The molecule has 0 radical (unpaired) electrons. The molecule has 0 aliphatic heterocycles. The Kier molecular flexibility index (Phi) is 11.0. The number of aryl methyl sites for hydroxylation is 1. The van der Waals surface area contributed by atoms with E-state index in [0.717, 1.165) is 28.6 Å². The molecular weight excluding hydrogens is 657 g/mol. The van der Waals surface area contributed by atoms with E-state index in [1.807, 2.05) is 6.92 Å². The third-order valence-corrected chi connectivity index (χ3v) is 9.29. The molecule has 1 unspecified atom stereocenters. The van der Waals surface area contributed by atoms with Gasteiger partial charge >= 0.3 is 11.7 Å². The van der Waals surface area contributed by atoms with E-state index in [-0.39, 0.29) is 41.3 Å². The highest BCUT2D eigenvalue weighted by atomic mass is 32.2. The molecule has 0 aliphatic rings. The van der Waals surface area contributed by atoms with Gasteiger partial charge in [-0.05, 0) is 52.3 Å². The lowest BCUT2D eigenvalue weighted by atomic mass is 10.0. The van der Waals surface area contributed by atoms with E-state index in [4.69, 9.17) is 18.4 Å². The zero-order valence-electron chi connectivity index (χ0n) is 27.2. The van der Waals surface area contributed by atoms with Crippen LogP contribution in [0.5, 0.6) is 5.75 Å². The first kappa shape index (κ1) is 35.9. The number of benzene rings is 1. The van der Waals surface area contributed by atoms with Gasteiger partial charge in [-0.1, -0.05) is 24.7 Å². The van der Waals surface area contributed by atoms with Gasteiger partial charge < -0.3 is 14.2 Å². The quantitative estimate of drug-likeness (QED) is 0.102. The zero-order valence-corrected chi connectivity index (χ0v) is 28.8. The van der Waals surface area contributed by atoms with Crippen LogP contribution in [0.25, 0.3) is 15.2 Å². The summed E-state index contributed by atoms with van der Waals surface area (Å²) in [6, 6.07) is 3.76. The van der Waals surface area contributed by atoms with Crippen molar-refractivity contribution in [3.05, 3.63) is 68.4 Å². The maximum Gasteiger partial charge on any atom is 0.333 e. The van der Waals surface area contributed by atoms with Crippen LogP contribution in [0.2, 0.25) is 0 Å². The summed E-state index contributed by atoms with van der Waals surface area (Å²) in [5.74, 6) is -1.16. The van der Waals surface area contributed by atoms with Crippen molar-refractivity contribution in [1.29, 1.82) is 0 Å². The summed E-state index contributed by atoms with van der Waals surface area (Å²) in [4.78, 5) is 43.5. The van der Waals surface area contributed by atoms with Crippen LogP contribution in [0.4, 0.5) is 4.39 Å². The Morgan fingerprint density at radius 3 is 2.47 bits per heavy atom. The molecule has 14 nitrogen and oxygen atoms in total. The maximum absolute atomic E-state index is 14.6. The highest BCUT2D eigenvalue weighted by Crippen LogP contribution is 2.34. The van der Waals surface area contributed by atoms with Gasteiger partial charge in [0.2, 0.25) is 0 Å². The minimum Gasteiger partial charge on any atom is -0.496 e. The van der Waals surface area contributed by atoms with Gasteiger partial charge in [0.15, 0.2) is 0 Å². The first-order valence-electron chi connectivity index (χ1n) is 14.8. The highest BCUT2D eigenvalue weighted by Gasteiger charge is 2.37. The van der Waals surface area contributed by atoms with E-state index < -0.39 is 50.9 Å². The number of carbonyl (C=O) groups is 1. The van der Waals surface area contributed by atoms with Crippen molar-refractivity contribution in [1.82, 2.24) is 24.1 Å². The lowest BCUT2D eigenvalue weighted by Crippen LogP contribution is -2.53. The van der Waals surface area contributed by atoms with Gasteiger partial charge in [-0.2, -0.15) is 18.6 Å². The van der Waals surface area contributed by atoms with Crippen molar-refractivity contribution in [2.75, 3.05) is 26.6 Å². The van der Waals surface area contributed by atoms with E-state index in [0.29, 0.717) is 17.0 Å². The van der Waals surface area contributed by atoms with E-state index in [2.05, 4.69) is 10.2 Å². The lowest BCUT2D eigenvalue weighted by molar-refractivity contribution is -0.153. The first-order valence-corrected chi connectivity index (χ1v) is 17.4. The van der Waals surface area contributed by atoms with Crippen LogP contribution >= 0.6 is 11.3 Å². The van der Waals surface area contributed by atoms with Crippen LogP contribution in [0, 0.1) is 12.7 Å². The number of aromatic nitrogens is 5. The van der Waals surface area contributed by atoms with Crippen LogP contribution in [0.1, 0.15) is 57.8 Å². The summed E-state index contributed by atoms with van der Waals surface area (Å²) in [7, 11) is -2.45.